The fraction of sp³-hybridized carbons (Fsp3) is 1.00. The lowest BCUT2D eigenvalue weighted by atomic mass is 9.79. The van der Waals surface area contributed by atoms with E-state index in [0.717, 1.165) is 18.8 Å². The predicted molar refractivity (Wildman–Crippen MR) is 63.0 cm³/mol. The normalized spacial score (nSPS) is 34.0. The summed E-state index contributed by atoms with van der Waals surface area (Å²) in [5, 5.41) is 0. The van der Waals surface area contributed by atoms with Crippen LogP contribution in [0.1, 0.15) is 46.0 Å². The van der Waals surface area contributed by atoms with Gasteiger partial charge >= 0.3 is 0 Å². The first kappa shape index (κ1) is 13.0. The van der Waals surface area contributed by atoms with Gasteiger partial charge in [0.2, 0.25) is 0 Å². The molecule has 0 aliphatic heterocycles. The fourth-order valence-corrected chi connectivity index (χ4v) is 2.65. The molecule has 90 valence electrons. The fourth-order valence-electron chi connectivity index (χ4n) is 2.65. The largest absolute Gasteiger partial charge is 0.381 e. The van der Waals surface area contributed by atoms with Gasteiger partial charge in [0.15, 0.2) is 0 Å². The Labute approximate surface area is 94.3 Å². The smallest absolute Gasteiger partial charge is 0.0601 e. The van der Waals surface area contributed by atoms with E-state index in [9.17, 15) is 0 Å². The van der Waals surface area contributed by atoms with Gasteiger partial charge in [0.1, 0.15) is 0 Å². The maximum atomic E-state index is 5.59. The Bertz CT molecular complexity index is 168. The molecule has 1 rings (SSSR count). The number of hydrogen-bond donors (Lipinski definition) is 0. The molecule has 1 fully saturated rings. The van der Waals surface area contributed by atoms with Gasteiger partial charge in [-0.15, -0.1) is 0 Å². The van der Waals surface area contributed by atoms with Crippen LogP contribution in [-0.2, 0) is 9.47 Å². The highest BCUT2D eigenvalue weighted by Crippen LogP contribution is 2.33. The van der Waals surface area contributed by atoms with Gasteiger partial charge in [0.05, 0.1) is 12.2 Å². The van der Waals surface area contributed by atoms with Gasteiger partial charge in [-0.3, -0.25) is 0 Å². The second-order valence-electron chi connectivity index (χ2n) is 4.95. The minimum atomic E-state index is 0.463. The molecular weight excluding hydrogens is 188 g/mol. The summed E-state index contributed by atoms with van der Waals surface area (Å²) >= 11 is 0. The highest BCUT2D eigenvalue weighted by atomic mass is 16.5. The van der Waals surface area contributed by atoms with Crippen LogP contribution in [0.2, 0.25) is 0 Å². The van der Waals surface area contributed by atoms with E-state index in [1.165, 1.54) is 19.3 Å². The monoisotopic (exact) mass is 214 g/mol. The van der Waals surface area contributed by atoms with Crippen LogP contribution in [0.15, 0.2) is 0 Å². The molecule has 0 spiro atoms. The molecule has 1 aliphatic carbocycles. The summed E-state index contributed by atoms with van der Waals surface area (Å²) < 4.78 is 11.1. The molecule has 0 aromatic heterocycles. The SMILES string of the molecule is CCC(C)CC1CC(OC)CCC1OC. The Morgan fingerprint density at radius 2 is 1.93 bits per heavy atom. The van der Waals surface area contributed by atoms with Crippen LogP contribution >= 0.6 is 0 Å². The Hall–Kier alpha value is -0.0800. The van der Waals surface area contributed by atoms with Crippen molar-refractivity contribution in [3.63, 3.8) is 0 Å². The molecule has 0 N–H and O–H groups in total. The van der Waals surface area contributed by atoms with Crippen molar-refractivity contribution in [2.24, 2.45) is 11.8 Å². The first-order chi connectivity index (χ1) is 7.21. The second kappa shape index (κ2) is 6.49. The summed E-state index contributed by atoms with van der Waals surface area (Å²) in [6, 6.07) is 0. The van der Waals surface area contributed by atoms with Crippen LogP contribution in [0.25, 0.3) is 0 Å². The zero-order chi connectivity index (χ0) is 11.3. The van der Waals surface area contributed by atoms with E-state index in [4.69, 9.17) is 9.47 Å². The molecular formula is C13H26O2. The third-order valence-electron chi connectivity index (χ3n) is 3.90. The quantitative estimate of drug-likeness (QED) is 0.699. The molecule has 0 saturated heterocycles. The molecule has 0 bridgehead atoms. The Kier molecular flexibility index (Phi) is 5.62. The molecule has 0 radical (unpaired) electrons. The number of ether oxygens (including phenoxy) is 2. The first-order valence-corrected chi connectivity index (χ1v) is 6.26. The van der Waals surface area contributed by atoms with Crippen molar-refractivity contribution in [1.82, 2.24) is 0 Å². The molecule has 0 amide bonds. The van der Waals surface area contributed by atoms with Crippen LogP contribution in [0.4, 0.5) is 0 Å². The van der Waals surface area contributed by atoms with Gasteiger partial charge in [-0.25, -0.2) is 0 Å². The van der Waals surface area contributed by atoms with Gasteiger partial charge in [0.25, 0.3) is 0 Å². The summed E-state index contributed by atoms with van der Waals surface area (Å²) in [6.45, 7) is 4.60. The average Bonchev–Trinajstić information content (AvgIpc) is 2.28. The Morgan fingerprint density at radius 1 is 1.20 bits per heavy atom. The molecule has 0 aromatic carbocycles. The first-order valence-electron chi connectivity index (χ1n) is 6.26. The van der Waals surface area contributed by atoms with Crippen LogP contribution in [0.5, 0.6) is 0 Å². The third kappa shape index (κ3) is 3.76. The average molecular weight is 214 g/mol. The predicted octanol–water partition coefficient (Wildman–Crippen LogP) is 3.25. The van der Waals surface area contributed by atoms with Crippen LogP contribution in [0.3, 0.4) is 0 Å². The molecule has 15 heavy (non-hydrogen) atoms. The van der Waals surface area contributed by atoms with Gasteiger partial charge in [-0.05, 0) is 37.5 Å². The molecule has 0 heterocycles. The van der Waals surface area contributed by atoms with Crippen molar-refractivity contribution >= 4 is 0 Å². The Balaban J connectivity index is 2.47. The lowest BCUT2D eigenvalue weighted by Gasteiger charge is -2.36. The van der Waals surface area contributed by atoms with Crippen molar-refractivity contribution in [2.45, 2.75) is 58.2 Å². The van der Waals surface area contributed by atoms with Gasteiger partial charge in [-0.2, -0.15) is 0 Å². The Morgan fingerprint density at radius 3 is 2.47 bits per heavy atom. The minimum absolute atomic E-state index is 0.463. The number of methoxy groups -OCH3 is 2. The van der Waals surface area contributed by atoms with Crippen molar-refractivity contribution in [2.75, 3.05) is 14.2 Å². The van der Waals surface area contributed by atoms with Gasteiger partial charge < -0.3 is 9.47 Å². The minimum Gasteiger partial charge on any atom is -0.381 e. The maximum Gasteiger partial charge on any atom is 0.0601 e. The summed E-state index contributed by atoms with van der Waals surface area (Å²) in [6.07, 6.45) is 6.98. The van der Waals surface area contributed by atoms with E-state index < -0.39 is 0 Å². The van der Waals surface area contributed by atoms with Crippen molar-refractivity contribution < 1.29 is 9.47 Å². The molecule has 4 atom stereocenters. The highest BCUT2D eigenvalue weighted by molar-refractivity contribution is 4.82. The van der Waals surface area contributed by atoms with E-state index in [-0.39, 0.29) is 0 Å². The standard InChI is InChI=1S/C13H26O2/c1-5-10(2)8-11-9-12(14-3)6-7-13(11)15-4/h10-13H,5-9H2,1-4H3. The molecule has 1 aliphatic rings. The molecule has 2 nitrogen and oxygen atoms in total. The summed E-state index contributed by atoms with van der Waals surface area (Å²) in [5.74, 6) is 1.51. The number of rotatable bonds is 5. The lowest BCUT2D eigenvalue weighted by molar-refractivity contribution is -0.0404. The maximum absolute atomic E-state index is 5.59. The van der Waals surface area contributed by atoms with Crippen molar-refractivity contribution in [3.8, 4) is 0 Å². The zero-order valence-corrected chi connectivity index (χ0v) is 10.7. The van der Waals surface area contributed by atoms with E-state index in [0.29, 0.717) is 18.1 Å². The molecule has 1 saturated carbocycles. The van der Waals surface area contributed by atoms with Crippen molar-refractivity contribution in [3.05, 3.63) is 0 Å². The topological polar surface area (TPSA) is 18.5 Å². The van der Waals surface area contributed by atoms with E-state index in [1.807, 2.05) is 14.2 Å². The lowest BCUT2D eigenvalue weighted by Crippen LogP contribution is -2.34. The van der Waals surface area contributed by atoms with Crippen molar-refractivity contribution in [1.29, 1.82) is 0 Å². The summed E-state index contributed by atoms with van der Waals surface area (Å²) in [7, 11) is 3.68. The second-order valence-corrected chi connectivity index (χ2v) is 4.95. The molecule has 2 heteroatoms. The van der Waals surface area contributed by atoms with Crippen LogP contribution in [0, 0.1) is 11.8 Å². The molecule has 0 aromatic rings. The van der Waals surface area contributed by atoms with Crippen LogP contribution < -0.4 is 0 Å². The van der Waals surface area contributed by atoms with Gasteiger partial charge in [0, 0.05) is 14.2 Å². The third-order valence-corrected chi connectivity index (χ3v) is 3.90. The highest BCUT2D eigenvalue weighted by Gasteiger charge is 2.31. The summed E-state index contributed by atoms with van der Waals surface area (Å²) in [4.78, 5) is 0. The summed E-state index contributed by atoms with van der Waals surface area (Å²) in [5.41, 5.74) is 0. The van der Waals surface area contributed by atoms with Gasteiger partial charge in [-0.1, -0.05) is 20.3 Å². The van der Waals surface area contributed by atoms with E-state index in [2.05, 4.69) is 13.8 Å². The van der Waals surface area contributed by atoms with Crippen LogP contribution in [-0.4, -0.2) is 26.4 Å². The van der Waals surface area contributed by atoms with E-state index >= 15 is 0 Å². The number of hydrogen-bond acceptors (Lipinski definition) is 2. The molecule has 4 unspecified atom stereocenters. The van der Waals surface area contributed by atoms with E-state index in [1.54, 1.807) is 0 Å². The zero-order valence-electron chi connectivity index (χ0n) is 10.7.